The van der Waals surface area contributed by atoms with Crippen molar-refractivity contribution in [3.63, 3.8) is 0 Å². The lowest BCUT2D eigenvalue weighted by molar-refractivity contribution is 0.0864. The molecule has 1 N–H and O–H groups in total. The molecule has 0 amide bonds. The van der Waals surface area contributed by atoms with Crippen LogP contribution in [-0.2, 0) is 15.7 Å². The fourth-order valence-corrected chi connectivity index (χ4v) is 2.99. The van der Waals surface area contributed by atoms with E-state index in [0.29, 0.717) is 5.92 Å². The maximum atomic E-state index is 12.2. The van der Waals surface area contributed by atoms with Gasteiger partial charge in [0.2, 0.25) is 0 Å². The molecule has 0 bridgehead atoms. The summed E-state index contributed by atoms with van der Waals surface area (Å²) in [5, 5.41) is 0. The predicted octanol–water partition coefficient (Wildman–Crippen LogP) is 2.51. The molecule has 17 heavy (non-hydrogen) atoms. The second-order valence-corrected chi connectivity index (χ2v) is 7.98. The summed E-state index contributed by atoms with van der Waals surface area (Å²) >= 11 is 0. The lowest BCUT2D eigenvalue weighted by Gasteiger charge is -2.31. The van der Waals surface area contributed by atoms with Gasteiger partial charge in [-0.1, -0.05) is 0 Å². The average molecular weight is 257 g/mol. The van der Waals surface area contributed by atoms with Gasteiger partial charge in [0.15, 0.2) is 0 Å². The summed E-state index contributed by atoms with van der Waals surface area (Å²) in [5.74, 6) is 0.651. The molecule has 4 heteroatoms. The molecular weight excluding hydrogens is 234 g/mol. The molecule has 2 aliphatic rings. The molecular formula is C13H23NO2S. The lowest BCUT2D eigenvalue weighted by Crippen LogP contribution is -2.48. The van der Waals surface area contributed by atoms with Crippen molar-refractivity contribution in [3.8, 4) is 0 Å². The predicted molar refractivity (Wildman–Crippen MR) is 70.8 cm³/mol. The van der Waals surface area contributed by atoms with Gasteiger partial charge < -0.3 is 4.74 Å². The molecule has 0 saturated heterocycles. The third-order valence-corrected chi connectivity index (χ3v) is 4.90. The van der Waals surface area contributed by atoms with Crippen LogP contribution in [-0.4, -0.2) is 21.1 Å². The minimum Gasteiger partial charge on any atom is -0.497 e. The summed E-state index contributed by atoms with van der Waals surface area (Å²) in [5.41, 5.74) is 0. The summed E-state index contributed by atoms with van der Waals surface area (Å²) in [6.07, 6.45) is 8.63. The van der Waals surface area contributed by atoms with E-state index < -0.39 is 11.0 Å². The first-order valence-electron chi connectivity index (χ1n) is 6.47. The van der Waals surface area contributed by atoms with E-state index in [-0.39, 0.29) is 16.9 Å². The van der Waals surface area contributed by atoms with Crippen molar-refractivity contribution >= 4 is 11.0 Å². The van der Waals surface area contributed by atoms with Gasteiger partial charge in [0.05, 0.1) is 28.0 Å². The quantitative estimate of drug-likeness (QED) is 0.840. The summed E-state index contributed by atoms with van der Waals surface area (Å²) in [6.45, 7) is 6.01. The number of hydrogen-bond donors (Lipinski definition) is 1. The zero-order valence-corrected chi connectivity index (χ0v) is 11.8. The molecule has 3 atom stereocenters. The van der Waals surface area contributed by atoms with Crippen molar-refractivity contribution in [2.45, 2.75) is 63.3 Å². The van der Waals surface area contributed by atoms with Gasteiger partial charge in [-0.2, -0.15) is 0 Å². The smallest absolute Gasteiger partial charge is 0.115 e. The molecule has 0 radical (unpaired) electrons. The summed E-state index contributed by atoms with van der Waals surface area (Å²) in [7, 11) is -1.00. The zero-order chi connectivity index (χ0) is 12.5. The van der Waals surface area contributed by atoms with Crippen molar-refractivity contribution in [3.05, 3.63) is 12.3 Å². The normalized spacial score (nSPS) is 28.5. The third kappa shape index (κ3) is 3.55. The Kier molecular flexibility index (Phi) is 3.93. The zero-order valence-electron chi connectivity index (χ0n) is 10.9. The van der Waals surface area contributed by atoms with Crippen LogP contribution in [0.5, 0.6) is 0 Å². The second kappa shape index (κ2) is 5.11. The highest BCUT2D eigenvalue weighted by Gasteiger charge is 2.39. The van der Waals surface area contributed by atoms with E-state index in [1.165, 1.54) is 12.8 Å². The van der Waals surface area contributed by atoms with Crippen LogP contribution in [0.3, 0.4) is 0 Å². The van der Waals surface area contributed by atoms with E-state index in [4.69, 9.17) is 4.74 Å². The van der Waals surface area contributed by atoms with Crippen LogP contribution >= 0.6 is 0 Å². The first-order valence-corrected chi connectivity index (χ1v) is 7.62. The van der Waals surface area contributed by atoms with Crippen molar-refractivity contribution in [1.29, 1.82) is 0 Å². The maximum absolute atomic E-state index is 12.2. The van der Waals surface area contributed by atoms with Crippen molar-refractivity contribution < 1.29 is 8.95 Å². The molecule has 1 aliphatic carbocycles. The Morgan fingerprint density at radius 2 is 2.06 bits per heavy atom. The molecule has 3 nitrogen and oxygen atoms in total. The molecule has 2 rings (SSSR count). The van der Waals surface area contributed by atoms with Gasteiger partial charge in [0.25, 0.3) is 0 Å². The molecule has 0 spiro atoms. The standard InChI is InChI=1S/C13H23NO2S/c1-13(2,3)17(15)14-12(10-7-8-10)11-6-4-5-9-16-11/h5,9-12,14H,4,6-8H2,1-3H3/t11-,12?,17?/m0/s1. The number of rotatable bonds is 4. The Balaban J connectivity index is 1.98. The minimum absolute atomic E-state index is 0.193. The van der Waals surface area contributed by atoms with Crippen molar-refractivity contribution in [1.82, 2.24) is 4.72 Å². The monoisotopic (exact) mass is 257 g/mol. The van der Waals surface area contributed by atoms with E-state index in [9.17, 15) is 4.21 Å². The van der Waals surface area contributed by atoms with Gasteiger partial charge in [-0.05, 0) is 58.4 Å². The number of allylic oxidation sites excluding steroid dienone is 1. The molecule has 0 aromatic heterocycles. The Hall–Kier alpha value is -0.350. The highest BCUT2D eigenvalue weighted by atomic mass is 32.2. The molecule has 1 aliphatic heterocycles. The summed E-state index contributed by atoms with van der Waals surface area (Å²) in [6, 6.07) is 0.250. The van der Waals surface area contributed by atoms with Crippen LogP contribution in [0, 0.1) is 5.92 Å². The number of hydrogen-bond acceptors (Lipinski definition) is 2. The molecule has 1 saturated carbocycles. The first-order chi connectivity index (χ1) is 7.98. The Morgan fingerprint density at radius 3 is 2.53 bits per heavy atom. The van der Waals surface area contributed by atoms with Crippen molar-refractivity contribution in [2.24, 2.45) is 5.92 Å². The topological polar surface area (TPSA) is 38.3 Å². The first kappa shape index (κ1) is 13.1. The van der Waals surface area contributed by atoms with Crippen LogP contribution in [0.4, 0.5) is 0 Å². The SMILES string of the molecule is CC(C)(C)S(=O)NC(C1CC1)[C@@H]1CCC=CO1. The van der Waals surface area contributed by atoms with E-state index in [1.54, 1.807) is 6.26 Å². The largest absolute Gasteiger partial charge is 0.497 e. The minimum atomic E-state index is -1.00. The molecule has 1 heterocycles. The van der Waals surface area contributed by atoms with Crippen LogP contribution < -0.4 is 4.72 Å². The van der Waals surface area contributed by atoms with E-state index in [1.807, 2.05) is 20.8 Å². The van der Waals surface area contributed by atoms with Gasteiger partial charge >= 0.3 is 0 Å². The average Bonchev–Trinajstić information content (AvgIpc) is 3.09. The van der Waals surface area contributed by atoms with Gasteiger partial charge in [-0.3, -0.25) is 0 Å². The highest BCUT2D eigenvalue weighted by Crippen LogP contribution is 2.37. The van der Waals surface area contributed by atoms with E-state index in [2.05, 4.69) is 10.8 Å². The fourth-order valence-electron chi connectivity index (χ4n) is 2.05. The molecule has 0 aromatic carbocycles. The third-order valence-electron chi connectivity index (χ3n) is 3.30. The Morgan fingerprint density at radius 1 is 1.35 bits per heavy atom. The molecule has 98 valence electrons. The van der Waals surface area contributed by atoms with Crippen LogP contribution in [0.2, 0.25) is 0 Å². The fraction of sp³-hybridized carbons (Fsp3) is 0.846. The molecule has 1 fully saturated rings. The number of ether oxygens (including phenoxy) is 1. The van der Waals surface area contributed by atoms with Gasteiger partial charge in [0, 0.05) is 0 Å². The lowest BCUT2D eigenvalue weighted by atomic mass is 10.0. The van der Waals surface area contributed by atoms with E-state index in [0.717, 1.165) is 12.8 Å². The summed E-state index contributed by atoms with van der Waals surface area (Å²) in [4.78, 5) is 0. The van der Waals surface area contributed by atoms with Gasteiger partial charge in [-0.25, -0.2) is 8.93 Å². The van der Waals surface area contributed by atoms with Gasteiger partial charge in [-0.15, -0.1) is 0 Å². The second-order valence-electron chi connectivity index (χ2n) is 5.99. The highest BCUT2D eigenvalue weighted by molar-refractivity contribution is 7.84. The molecule has 2 unspecified atom stereocenters. The Bertz CT molecular complexity index is 318. The van der Waals surface area contributed by atoms with Crippen LogP contribution in [0.1, 0.15) is 46.5 Å². The number of nitrogens with one attached hydrogen (secondary N) is 1. The van der Waals surface area contributed by atoms with Gasteiger partial charge in [0.1, 0.15) is 6.10 Å². The Labute approximate surface area is 107 Å². The maximum Gasteiger partial charge on any atom is 0.115 e. The van der Waals surface area contributed by atoms with Crippen LogP contribution in [0.25, 0.3) is 0 Å². The van der Waals surface area contributed by atoms with E-state index >= 15 is 0 Å². The molecule has 0 aromatic rings. The van der Waals surface area contributed by atoms with Crippen molar-refractivity contribution in [2.75, 3.05) is 0 Å². The summed E-state index contributed by atoms with van der Waals surface area (Å²) < 4.78 is 20.9. The van der Waals surface area contributed by atoms with Crippen LogP contribution in [0.15, 0.2) is 12.3 Å².